The number of ether oxygens (including phenoxy) is 2. The molecule has 1 aliphatic rings. The van der Waals surface area contributed by atoms with Crippen LogP contribution in [0.4, 0.5) is 5.00 Å². The SMILES string of the molecule is COCCOC(=O)c1c(NC(=O)CN[C@@H]2CCCc3ccccc32)sc(C(N)=O)c1C. The number of hydrogen-bond donors (Lipinski definition) is 3. The van der Waals surface area contributed by atoms with Crippen LogP contribution >= 0.6 is 11.3 Å². The molecule has 1 heterocycles. The summed E-state index contributed by atoms with van der Waals surface area (Å²) in [6, 6.07) is 8.32. The van der Waals surface area contributed by atoms with Gasteiger partial charge < -0.3 is 25.8 Å². The Hall–Kier alpha value is -2.75. The second-order valence-electron chi connectivity index (χ2n) is 7.33. The lowest BCUT2D eigenvalue weighted by Crippen LogP contribution is -2.33. The molecule has 0 radical (unpaired) electrons. The van der Waals surface area contributed by atoms with E-state index in [-0.39, 0.29) is 47.1 Å². The molecule has 4 N–H and O–H groups in total. The van der Waals surface area contributed by atoms with Crippen LogP contribution in [0.25, 0.3) is 0 Å². The van der Waals surface area contributed by atoms with E-state index in [9.17, 15) is 14.4 Å². The number of methoxy groups -OCH3 is 1. The third-order valence-corrected chi connectivity index (χ3v) is 6.45. The van der Waals surface area contributed by atoms with Gasteiger partial charge in [0, 0.05) is 13.2 Å². The van der Waals surface area contributed by atoms with Gasteiger partial charge >= 0.3 is 5.97 Å². The second-order valence-corrected chi connectivity index (χ2v) is 8.35. The van der Waals surface area contributed by atoms with Crippen molar-refractivity contribution in [1.82, 2.24) is 5.32 Å². The van der Waals surface area contributed by atoms with Gasteiger partial charge in [0.1, 0.15) is 11.6 Å². The maximum absolute atomic E-state index is 12.6. The first kappa shape index (κ1) is 22.9. The number of aryl methyl sites for hydroxylation is 1. The molecular weight excluding hydrogens is 418 g/mol. The zero-order valence-corrected chi connectivity index (χ0v) is 18.5. The van der Waals surface area contributed by atoms with Crippen LogP contribution in [0.1, 0.15) is 55.6 Å². The summed E-state index contributed by atoms with van der Waals surface area (Å²) in [5.41, 5.74) is 8.48. The molecule has 2 aromatic rings. The number of amides is 2. The summed E-state index contributed by atoms with van der Waals surface area (Å²) in [5.74, 6) is -1.61. The first-order valence-corrected chi connectivity index (χ1v) is 10.9. The van der Waals surface area contributed by atoms with Crippen molar-refractivity contribution in [3.8, 4) is 0 Å². The highest BCUT2D eigenvalue weighted by atomic mass is 32.1. The molecule has 3 rings (SSSR count). The molecule has 31 heavy (non-hydrogen) atoms. The van der Waals surface area contributed by atoms with Crippen LogP contribution in [0, 0.1) is 6.92 Å². The zero-order chi connectivity index (χ0) is 22.4. The smallest absolute Gasteiger partial charge is 0.341 e. The highest BCUT2D eigenvalue weighted by Crippen LogP contribution is 2.34. The highest BCUT2D eigenvalue weighted by Gasteiger charge is 2.26. The van der Waals surface area contributed by atoms with Crippen molar-refractivity contribution in [3.05, 3.63) is 51.4 Å². The molecule has 1 atom stereocenters. The summed E-state index contributed by atoms with van der Waals surface area (Å²) < 4.78 is 10.1. The molecular formula is C22H27N3O5S. The van der Waals surface area contributed by atoms with E-state index in [1.165, 1.54) is 18.2 Å². The predicted molar refractivity (Wildman–Crippen MR) is 118 cm³/mol. The van der Waals surface area contributed by atoms with E-state index >= 15 is 0 Å². The van der Waals surface area contributed by atoms with Crippen LogP contribution in [-0.4, -0.2) is 44.7 Å². The second kappa shape index (κ2) is 10.5. The largest absolute Gasteiger partial charge is 0.460 e. The number of anilines is 1. The first-order valence-electron chi connectivity index (χ1n) is 10.1. The van der Waals surface area contributed by atoms with Gasteiger partial charge in [-0.05, 0) is 42.9 Å². The van der Waals surface area contributed by atoms with E-state index in [0.717, 1.165) is 30.6 Å². The Labute approximate surface area is 185 Å². The Kier molecular flexibility index (Phi) is 7.78. The fourth-order valence-corrected chi connectivity index (χ4v) is 4.79. The van der Waals surface area contributed by atoms with Gasteiger partial charge in [0.25, 0.3) is 5.91 Å². The average Bonchev–Trinajstić information content (AvgIpc) is 3.08. The standard InChI is InChI=1S/C22H27N3O5S/c1-13-18(22(28)30-11-10-29-2)21(31-19(13)20(23)27)25-17(26)12-24-16-9-5-7-14-6-3-4-8-15(14)16/h3-4,6,8,16,24H,5,7,9-12H2,1-2H3,(H2,23,27)(H,25,26)/t16-/m1/s1. The van der Waals surface area contributed by atoms with Crippen molar-refractivity contribution in [1.29, 1.82) is 0 Å². The highest BCUT2D eigenvalue weighted by molar-refractivity contribution is 7.18. The summed E-state index contributed by atoms with van der Waals surface area (Å²) in [5, 5.41) is 6.29. The maximum Gasteiger partial charge on any atom is 0.341 e. The van der Waals surface area contributed by atoms with Crippen LogP contribution in [-0.2, 0) is 20.7 Å². The topological polar surface area (TPSA) is 120 Å². The van der Waals surface area contributed by atoms with Crippen LogP contribution in [0.2, 0.25) is 0 Å². The quantitative estimate of drug-likeness (QED) is 0.403. The van der Waals surface area contributed by atoms with Gasteiger partial charge in [-0.25, -0.2) is 4.79 Å². The van der Waals surface area contributed by atoms with Gasteiger partial charge in [-0.2, -0.15) is 0 Å². The Balaban J connectivity index is 1.70. The number of thiophene rings is 1. The molecule has 1 aromatic heterocycles. The van der Waals surface area contributed by atoms with E-state index in [4.69, 9.17) is 15.2 Å². The molecule has 9 heteroatoms. The monoisotopic (exact) mass is 445 g/mol. The maximum atomic E-state index is 12.6. The van der Waals surface area contributed by atoms with Crippen molar-refractivity contribution >= 4 is 34.1 Å². The molecule has 1 aliphatic carbocycles. The molecule has 0 saturated carbocycles. The number of nitrogens with two attached hydrogens (primary N) is 1. The van der Waals surface area contributed by atoms with Crippen molar-refractivity contribution in [2.45, 2.75) is 32.2 Å². The zero-order valence-electron chi connectivity index (χ0n) is 17.7. The average molecular weight is 446 g/mol. The Morgan fingerprint density at radius 1 is 1.23 bits per heavy atom. The van der Waals surface area contributed by atoms with Gasteiger partial charge in [0.2, 0.25) is 5.91 Å². The number of esters is 1. The van der Waals surface area contributed by atoms with Crippen LogP contribution < -0.4 is 16.4 Å². The van der Waals surface area contributed by atoms with Gasteiger partial charge in [0.05, 0.1) is 23.6 Å². The molecule has 2 amide bonds. The summed E-state index contributed by atoms with van der Waals surface area (Å²) in [7, 11) is 1.50. The Morgan fingerprint density at radius 3 is 2.74 bits per heavy atom. The molecule has 0 fully saturated rings. The number of fused-ring (bicyclic) bond motifs is 1. The Morgan fingerprint density at radius 2 is 2.00 bits per heavy atom. The lowest BCUT2D eigenvalue weighted by Gasteiger charge is -2.26. The number of carbonyl (C=O) groups excluding carboxylic acids is 3. The molecule has 8 nitrogen and oxygen atoms in total. The number of benzene rings is 1. The summed E-state index contributed by atoms with van der Waals surface area (Å²) in [4.78, 5) is 37.1. The van der Waals surface area contributed by atoms with Gasteiger partial charge in [-0.15, -0.1) is 11.3 Å². The van der Waals surface area contributed by atoms with Crippen molar-refractivity contribution in [3.63, 3.8) is 0 Å². The molecule has 166 valence electrons. The fraction of sp³-hybridized carbons (Fsp3) is 0.409. The van der Waals surface area contributed by atoms with E-state index in [1.807, 2.05) is 12.1 Å². The molecule has 0 saturated heterocycles. The number of rotatable bonds is 9. The minimum absolute atomic E-state index is 0.0621. The summed E-state index contributed by atoms with van der Waals surface area (Å²) in [6.07, 6.45) is 3.05. The number of hydrogen-bond acceptors (Lipinski definition) is 7. The third kappa shape index (κ3) is 5.49. The van der Waals surface area contributed by atoms with Crippen molar-refractivity contribution in [2.24, 2.45) is 5.73 Å². The first-order chi connectivity index (χ1) is 14.9. The minimum Gasteiger partial charge on any atom is -0.460 e. The van der Waals surface area contributed by atoms with Crippen molar-refractivity contribution < 1.29 is 23.9 Å². The predicted octanol–water partition coefficient (Wildman–Crippen LogP) is 2.56. The molecule has 0 unspecified atom stereocenters. The number of primary amides is 1. The third-order valence-electron chi connectivity index (χ3n) is 5.23. The van der Waals surface area contributed by atoms with E-state index in [0.29, 0.717) is 5.56 Å². The normalized spacial score (nSPS) is 15.2. The Bertz CT molecular complexity index is 972. The summed E-state index contributed by atoms with van der Waals surface area (Å²) in [6.45, 7) is 1.98. The van der Waals surface area contributed by atoms with Crippen LogP contribution in [0.15, 0.2) is 24.3 Å². The number of carbonyl (C=O) groups is 3. The molecule has 0 spiro atoms. The van der Waals surface area contributed by atoms with E-state index in [2.05, 4.69) is 22.8 Å². The van der Waals surface area contributed by atoms with Crippen LogP contribution in [0.5, 0.6) is 0 Å². The van der Waals surface area contributed by atoms with E-state index in [1.54, 1.807) is 6.92 Å². The molecule has 0 aliphatic heterocycles. The lowest BCUT2D eigenvalue weighted by atomic mass is 9.88. The molecule has 0 bridgehead atoms. The van der Waals surface area contributed by atoms with E-state index < -0.39 is 11.9 Å². The van der Waals surface area contributed by atoms with Gasteiger partial charge in [-0.3, -0.25) is 9.59 Å². The number of nitrogens with one attached hydrogen (secondary N) is 2. The summed E-state index contributed by atoms with van der Waals surface area (Å²) >= 11 is 0.974. The fourth-order valence-electron chi connectivity index (χ4n) is 3.72. The van der Waals surface area contributed by atoms with Crippen LogP contribution in [0.3, 0.4) is 0 Å². The minimum atomic E-state index is -0.661. The lowest BCUT2D eigenvalue weighted by molar-refractivity contribution is -0.115. The van der Waals surface area contributed by atoms with Gasteiger partial charge in [-0.1, -0.05) is 24.3 Å². The van der Waals surface area contributed by atoms with Gasteiger partial charge in [0.15, 0.2) is 0 Å². The molecule has 1 aromatic carbocycles. The van der Waals surface area contributed by atoms with Crippen molar-refractivity contribution in [2.75, 3.05) is 32.2 Å².